The second-order valence-electron chi connectivity index (χ2n) is 6.27. The Balaban J connectivity index is 1.67. The zero-order valence-corrected chi connectivity index (χ0v) is 15.9. The lowest BCUT2D eigenvalue weighted by Gasteiger charge is -2.10. The Hall–Kier alpha value is -3.22. The minimum absolute atomic E-state index is 0.0108. The van der Waals surface area contributed by atoms with E-state index in [1.165, 1.54) is 0 Å². The molecule has 0 aliphatic carbocycles. The number of carbonyl (C=O) groups excluding carboxylic acids is 1. The van der Waals surface area contributed by atoms with Crippen LogP contribution in [0.2, 0.25) is 0 Å². The molecule has 1 aromatic heterocycles. The van der Waals surface area contributed by atoms with Gasteiger partial charge in [-0.1, -0.05) is 0 Å². The minimum Gasteiger partial charge on any atom is -0.493 e. The number of fused-ring (bicyclic) bond motifs is 1. The molecule has 0 saturated heterocycles. The summed E-state index contributed by atoms with van der Waals surface area (Å²) in [6.07, 6.45) is 0.335. The maximum atomic E-state index is 12.4. The quantitative estimate of drug-likeness (QED) is 0.648. The predicted molar refractivity (Wildman–Crippen MR) is 105 cm³/mol. The van der Waals surface area contributed by atoms with E-state index in [0.717, 1.165) is 16.7 Å². The van der Waals surface area contributed by atoms with Gasteiger partial charge in [0.15, 0.2) is 17.3 Å². The molecule has 0 fully saturated rings. The smallest absolute Gasteiger partial charge is 0.328 e. The molecule has 3 rings (SSSR count). The van der Waals surface area contributed by atoms with Gasteiger partial charge in [-0.2, -0.15) is 0 Å². The van der Waals surface area contributed by atoms with Crippen LogP contribution in [0.15, 0.2) is 41.2 Å². The number of carbonyl (C=O) groups is 1. The van der Waals surface area contributed by atoms with Crippen molar-refractivity contribution in [2.75, 3.05) is 26.1 Å². The topological polar surface area (TPSA) is 74.5 Å². The van der Waals surface area contributed by atoms with Gasteiger partial charge >= 0.3 is 5.69 Å². The Morgan fingerprint density at radius 2 is 1.67 bits per heavy atom. The Morgan fingerprint density at radius 1 is 0.963 bits per heavy atom. The number of Topliss-reactive ketones (excluding diaryl/α,β-unsaturated/α-hetero) is 1. The van der Waals surface area contributed by atoms with E-state index in [4.69, 9.17) is 9.47 Å². The number of rotatable bonds is 7. The van der Waals surface area contributed by atoms with Crippen LogP contribution in [0.5, 0.6) is 11.5 Å². The molecule has 0 bridgehead atoms. The lowest BCUT2D eigenvalue weighted by atomic mass is 10.1. The van der Waals surface area contributed by atoms with Crippen LogP contribution in [0.25, 0.3) is 11.0 Å². The van der Waals surface area contributed by atoms with Gasteiger partial charge in [0.05, 0.1) is 25.3 Å². The summed E-state index contributed by atoms with van der Waals surface area (Å²) in [5, 5.41) is 3.24. The third-order valence-corrected chi connectivity index (χ3v) is 4.66. The molecular formula is C20H23N3O4. The zero-order valence-electron chi connectivity index (χ0n) is 15.9. The number of hydrogen-bond acceptors (Lipinski definition) is 5. The molecule has 0 radical (unpaired) electrons. The number of aryl methyl sites for hydroxylation is 2. The molecular weight excluding hydrogens is 346 g/mol. The molecule has 2 aromatic carbocycles. The number of imidazole rings is 1. The van der Waals surface area contributed by atoms with E-state index in [1.807, 2.05) is 18.2 Å². The summed E-state index contributed by atoms with van der Waals surface area (Å²) >= 11 is 0. The second-order valence-corrected chi connectivity index (χ2v) is 6.27. The largest absolute Gasteiger partial charge is 0.493 e. The lowest BCUT2D eigenvalue weighted by molar-refractivity contribution is 0.0986. The third-order valence-electron chi connectivity index (χ3n) is 4.66. The van der Waals surface area contributed by atoms with Crippen molar-refractivity contribution in [2.45, 2.75) is 6.42 Å². The number of nitrogens with one attached hydrogen (secondary N) is 1. The van der Waals surface area contributed by atoms with Crippen LogP contribution in [0, 0.1) is 0 Å². The summed E-state index contributed by atoms with van der Waals surface area (Å²) in [5.41, 5.74) is 3.10. The van der Waals surface area contributed by atoms with E-state index in [-0.39, 0.29) is 11.5 Å². The van der Waals surface area contributed by atoms with Crippen molar-refractivity contribution in [2.24, 2.45) is 14.1 Å². The molecule has 3 aromatic rings. The maximum Gasteiger partial charge on any atom is 0.328 e. The lowest BCUT2D eigenvalue weighted by Crippen LogP contribution is -2.19. The summed E-state index contributed by atoms with van der Waals surface area (Å²) in [6.45, 7) is 0.486. The number of benzene rings is 2. The normalized spacial score (nSPS) is 10.8. The first-order chi connectivity index (χ1) is 13.0. The van der Waals surface area contributed by atoms with E-state index in [2.05, 4.69) is 5.32 Å². The summed E-state index contributed by atoms with van der Waals surface area (Å²) in [6, 6.07) is 10.9. The van der Waals surface area contributed by atoms with Gasteiger partial charge in [-0.15, -0.1) is 0 Å². The van der Waals surface area contributed by atoms with E-state index in [0.29, 0.717) is 30.0 Å². The van der Waals surface area contributed by atoms with Crippen LogP contribution in [0.1, 0.15) is 16.8 Å². The van der Waals surface area contributed by atoms with Crippen molar-refractivity contribution >= 4 is 22.5 Å². The van der Waals surface area contributed by atoms with Crippen LogP contribution in [-0.2, 0) is 14.1 Å². The highest BCUT2D eigenvalue weighted by molar-refractivity contribution is 5.97. The Bertz CT molecular complexity index is 1050. The number of nitrogens with zero attached hydrogens (tertiary/aromatic N) is 2. The molecule has 0 unspecified atom stereocenters. The van der Waals surface area contributed by atoms with Crippen LogP contribution >= 0.6 is 0 Å². The van der Waals surface area contributed by atoms with Gasteiger partial charge in [0.25, 0.3) is 0 Å². The monoisotopic (exact) mass is 369 g/mol. The van der Waals surface area contributed by atoms with Crippen LogP contribution in [-0.4, -0.2) is 35.7 Å². The molecule has 0 aliphatic heterocycles. The number of ketones is 1. The fourth-order valence-electron chi connectivity index (χ4n) is 3.09. The molecule has 1 N–H and O–H groups in total. The fourth-order valence-corrected chi connectivity index (χ4v) is 3.09. The molecule has 0 atom stereocenters. The zero-order chi connectivity index (χ0) is 19.6. The average molecular weight is 369 g/mol. The molecule has 7 nitrogen and oxygen atoms in total. The fraction of sp³-hybridized carbons (Fsp3) is 0.300. The highest BCUT2D eigenvalue weighted by Gasteiger charge is 2.11. The van der Waals surface area contributed by atoms with E-state index in [1.54, 1.807) is 55.6 Å². The van der Waals surface area contributed by atoms with Gasteiger partial charge in [0, 0.05) is 38.3 Å². The van der Waals surface area contributed by atoms with Crippen molar-refractivity contribution < 1.29 is 14.3 Å². The Labute approximate surface area is 157 Å². The van der Waals surface area contributed by atoms with E-state index < -0.39 is 0 Å². The number of ether oxygens (including phenoxy) is 2. The van der Waals surface area contributed by atoms with Gasteiger partial charge < -0.3 is 14.8 Å². The van der Waals surface area contributed by atoms with Crippen LogP contribution in [0.4, 0.5) is 5.69 Å². The molecule has 0 spiro atoms. The van der Waals surface area contributed by atoms with Crippen LogP contribution < -0.4 is 20.5 Å². The van der Waals surface area contributed by atoms with E-state index >= 15 is 0 Å². The molecule has 0 amide bonds. The predicted octanol–water partition coefficient (Wildman–Crippen LogP) is 2.58. The van der Waals surface area contributed by atoms with Gasteiger partial charge in [-0.05, 0) is 36.4 Å². The number of methoxy groups -OCH3 is 2. The van der Waals surface area contributed by atoms with Crippen molar-refractivity contribution in [1.82, 2.24) is 9.13 Å². The Kier molecular flexibility index (Phi) is 5.21. The van der Waals surface area contributed by atoms with Crippen molar-refractivity contribution in [3.63, 3.8) is 0 Å². The van der Waals surface area contributed by atoms with Crippen molar-refractivity contribution in [1.29, 1.82) is 0 Å². The number of hydrogen-bond donors (Lipinski definition) is 1. The first-order valence-corrected chi connectivity index (χ1v) is 8.61. The third kappa shape index (κ3) is 3.53. The SMILES string of the molecule is COc1ccc(C(=O)CCNc2ccc3c(c2)n(C)c(=O)n3C)cc1OC. The molecule has 142 valence electrons. The van der Waals surface area contributed by atoms with Crippen LogP contribution in [0.3, 0.4) is 0 Å². The van der Waals surface area contributed by atoms with Gasteiger partial charge in [-0.3, -0.25) is 13.9 Å². The first kappa shape index (κ1) is 18.6. The molecule has 27 heavy (non-hydrogen) atoms. The maximum absolute atomic E-state index is 12.4. The first-order valence-electron chi connectivity index (χ1n) is 8.61. The standard InChI is InChI=1S/C20H23N3O4/c1-22-15-7-6-14(12-16(15)23(2)20(22)25)21-10-9-17(24)13-5-8-18(26-3)19(11-13)27-4/h5-8,11-12,21H,9-10H2,1-4H3. The highest BCUT2D eigenvalue weighted by Crippen LogP contribution is 2.28. The van der Waals surface area contributed by atoms with E-state index in [9.17, 15) is 9.59 Å². The summed E-state index contributed by atoms with van der Waals surface area (Å²) < 4.78 is 13.6. The number of anilines is 1. The summed E-state index contributed by atoms with van der Waals surface area (Å²) in [7, 11) is 6.60. The van der Waals surface area contributed by atoms with Crippen molar-refractivity contribution in [3.8, 4) is 11.5 Å². The Morgan fingerprint density at radius 3 is 2.37 bits per heavy atom. The van der Waals surface area contributed by atoms with Gasteiger partial charge in [0.1, 0.15) is 0 Å². The molecule has 1 heterocycles. The highest BCUT2D eigenvalue weighted by atomic mass is 16.5. The minimum atomic E-state index is -0.0641. The average Bonchev–Trinajstić information content (AvgIpc) is 2.91. The molecule has 0 saturated carbocycles. The number of aromatic nitrogens is 2. The van der Waals surface area contributed by atoms with Gasteiger partial charge in [0.2, 0.25) is 0 Å². The van der Waals surface area contributed by atoms with Crippen molar-refractivity contribution in [3.05, 3.63) is 52.4 Å². The molecule has 7 heteroatoms. The second kappa shape index (κ2) is 7.57. The van der Waals surface area contributed by atoms with Gasteiger partial charge in [-0.25, -0.2) is 4.79 Å². The summed E-state index contributed by atoms with van der Waals surface area (Å²) in [5.74, 6) is 1.14. The summed E-state index contributed by atoms with van der Waals surface area (Å²) in [4.78, 5) is 24.4. The molecule has 0 aliphatic rings.